The third kappa shape index (κ3) is 2.79. The highest BCUT2D eigenvalue weighted by atomic mass is 79.9. The van der Waals surface area contributed by atoms with Crippen LogP contribution in [0.1, 0.15) is 37.4 Å². The molecule has 1 N–H and O–H groups in total. The predicted molar refractivity (Wildman–Crippen MR) is 75.2 cm³/mol. The molecule has 5 nitrogen and oxygen atoms in total. The van der Waals surface area contributed by atoms with E-state index >= 15 is 0 Å². The first kappa shape index (κ1) is 14.0. The number of aliphatic hydroxyl groups excluding tert-OH is 1. The molecule has 0 saturated carbocycles. The second-order valence-electron chi connectivity index (χ2n) is 4.44. The van der Waals surface area contributed by atoms with E-state index in [0.717, 1.165) is 4.47 Å². The van der Waals surface area contributed by atoms with Gasteiger partial charge in [0, 0.05) is 16.7 Å². The van der Waals surface area contributed by atoms with Gasteiger partial charge in [0.1, 0.15) is 11.8 Å². The molecule has 0 aliphatic rings. The summed E-state index contributed by atoms with van der Waals surface area (Å²) in [5.74, 6) is 0.561. The van der Waals surface area contributed by atoms with Gasteiger partial charge in [-0.3, -0.25) is 9.67 Å². The van der Waals surface area contributed by atoms with Crippen LogP contribution in [0.2, 0.25) is 0 Å². The van der Waals surface area contributed by atoms with Crippen LogP contribution in [0, 0.1) is 0 Å². The molecule has 1 unspecified atom stereocenters. The van der Waals surface area contributed by atoms with Crippen LogP contribution in [-0.4, -0.2) is 27.0 Å². The molecule has 0 bridgehead atoms. The van der Waals surface area contributed by atoms with Crippen molar-refractivity contribution < 1.29 is 9.84 Å². The van der Waals surface area contributed by atoms with Crippen molar-refractivity contribution in [2.75, 3.05) is 7.11 Å². The number of nitrogens with zero attached hydrogens (tertiary/aromatic N) is 3. The molecule has 0 fully saturated rings. The Morgan fingerprint density at radius 1 is 1.32 bits per heavy atom. The molecule has 0 radical (unpaired) electrons. The summed E-state index contributed by atoms with van der Waals surface area (Å²) in [6.07, 6.45) is 2.39. The van der Waals surface area contributed by atoms with E-state index in [1.165, 1.54) is 0 Å². The van der Waals surface area contributed by atoms with Gasteiger partial charge in [-0.25, -0.2) is 0 Å². The fourth-order valence-corrected chi connectivity index (χ4v) is 2.11. The second-order valence-corrected chi connectivity index (χ2v) is 5.36. The summed E-state index contributed by atoms with van der Waals surface area (Å²) in [7, 11) is 1.56. The Morgan fingerprint density at radius 3 is 2.58 bits per heavy atom. The summed E-state index contributed by atoms with van der Waals surface area (Å²) in [5.41, 5.74) is 1.18. The van der Waals surface area contributed by atoms with Crippen molar-refractivity contribution in [2.24, 2.45) is 0 Å². The second kappa shape index (κ2) is 5.71. The summed E-state index contributed by atoms with van der Waals surface area (Å²) < 4.78 is 7.87. The molecule has 2 heterocycles. The Morgan fingerprint density at radius 2 is 2.05 bits per heavy atom. The SMILES string of the molecule is COc1cnn(C(C)C)c1C(O)c1ccc(Br)cn1. The molecule has 2 rings (SSSR count). The van der Waals surface area contributed by atoms with Gasteiger partial charge in [-0.15, -0.1) is 0 Å². The average Bonchev–Trinajstić information content (AvgIpc) is 2.82. The zero-order chi connectivity index (χ0) is 14.0. The van der Waals surface area contributed by atoms with Gasteiger partial charge in [-0.1, -0.05) is 0 Å². The molecule has 2 aromatic rings. The van der Waals surface area contributed by atoms with E-state index in [9.17, 15) is 5.11 Å². The van der Waals surface area contributed by atoms with Crippen molar-refractivity contribution in [1.29, 1.82) is 0 Å². The first-order valence-corrected chi connectivity index (χ1v) is 6.74. The van der Waals surface area contributed by atoms with Gasteiger partial charge >= 0.3 is 0 Å². The molecule has 6 heteroatoms. The number of hydrogen-bond donors (Lipinski definition) is 1. The van der Waals surface area contributed by atoms with E-state index in [1.807, 2.05) is 19.9 Å². The van der Waals surface area contributed by atoms with Crippen LogP contribution in [0.4, 0.5) is 0 Å². The predicted octanol–water partition coefficient (Wildman–Crippen LogP) is 2.71. The molecule has 1 atom stereocenters. The van der Waals surface area contributed by atoms with Crippen molar-refractivity contribution in [1.82, 2.24) is 14.8 Å². The number of rotatable bonds is 4. The molecule has 0 spiro atoms. The molecule has 0 aliphatic heterocycles. The Bertz CT molecular complexity index is 552. The number of methoxy groups -OCH3 is 1. The first-order chi connectivity index (χ1) is 9.04. The fraction of sp³-hybridized carbons (Fsp3) is 0.385. The van der Waals surface area contributed by atoms with Crippen LogP contribution in [0.3, 0.4) is 0 Å². The Kier molecular flexibility index (Phi) is 4.21. The normalized spacial score (nSPS) is 12.7. The third-order valence-corrected chi connectivity index (χ3v) is 3.27. The zero-order valence-electron chi connectivity index (χ0n) is 11.0. The van der Waals surface area contributed by atoms with E-state index < -0.39 is 6.10 Å². The molecule has 2 aromatic heterocycles. The highest BCUT2D eigenvalue weighted by Crippen LogP contribution is 2.31. The topological polar surface area (TPSA) is 60.2 Å². The van der Waals surface area contributed by atoms with Gasteiger partial charge in [0.2, 0.25) is 0 Å². The molecular formula is C13H16BrN3O2. The largest absolute Gasteiger partial charge is 0.493 e. The summed E-state index contributed by atoms with van der Waals surface area (Å²) in [6.45, 7) is 4.00. The van der Waals surface area contributed by atoms with Crippen molar-refractivity contribution in [3.8, 4) is 5.75 Å². The highest BCUT2D eigenvalue weighted by molar-refractivity contribution is 9.10. The average molecular weight is 326 g/mol. The number of pyridine rings is 1. The van der Waals surface area contributed by atoms with Crippen molar-refractivity contribution in [3.63, 3.8) is 0 Å². The van der Waals surface area contributed by atoms with Gasteiger partial charge < -0.3 is 9.84 Å². The quantitative estimate of drug-likeness (QED) is 0.938. The summed E-state index contributed by atoms with van der Waals surface area (Å²) >= 11 is 3.32. The fourth-order valence-electron chi connectivity index (χ4n) is 1.87. The molecule has 102 valence electrons. The molecular weight excluding hydrogens is 310 g/mol. The molecule has 19 heavy (non-hydrogen) atoms. The first-order valence-electron chi connectivity index (χ1n) is 5.95. The van der Waals surface area contributed by atoms with Crippen LogP contribution in [-0.2, 0) is 0 Å². The number of halogens is 1. The van der Waals surface area contributed by atoms with E-state index in [-0.39, 0.29) is 6.04 Å². The smallest absolute Gasteiger partial charge is 0.163 e. The molecule has 0 amide bonds. The highest BCUT2D eigenvalue weighted by Gasteiger charge is 2.23. The minimum atomic E-state index is -0.868. The van der Waals surface area contributed by atoms with Crippen LogP contribution in [0.5, 0.6) is 5.75 Å². The Hall–Kier alpha value is -1.40. The molecule has 0 aliphatic carbocycles. The van der Waals surface area contributed by atoms with E-state index in [1.54, 1.807) is 30.3 Å². The van der Waals surface area contributed by atoms with E-state index in [4.69, 9.17) is 4.74 Å². The van der Waals surface area contributed by atoms with Crippen molar-refractivity contribution >= 4 is 15.9 Å². The van der Waals surface area contributed by atoms with E-state index in [2.05, 4.69) is 26.0 Å². The maximum atomic E-state index is 10.5. The van der Waals surface area contributed by atoms with Crippen LogP contribution < -0.4 is 4.74 Å². The van der Waals surface area contributed by atoms with Gasteiger partial charge in [0.15, 0.2) is 5.75 Å². The maximum Gasteiger partial charge on any atom is 0.163 e. The standard InChI is InChI=1S/C13H16BrN3O2/c1-8(2)17-12(11(19-3)7-16-17)13(18)10-5-4-9(14)6-15-10/h4-8,13,18H,1-3H3. The monoisotopic (exact) mass is 325 g/mol. The lowest BCUT2D eigenvalue weighted by atomic mass is 10.1. The summed E-state index contributed by atoms with van der Waals surface area (Å²) in [4.78, 5) is 4.22. The summed E-state index contributed by atoms with van der Waals surface area (Å²) in [6, 6.07) is 3.74. The molecule has 0 saturated heterocycles. The maximum absolute atomic E-state index is 10.5. The Labute approximate surface area is 120 Å². The number of hydrogen-bond acceptors (Lipinski definition) is 4. The lowest BCUT2D eigenvalue weighted by molar-refractivity contribution is 0.195. The van der Waals surface area contributed by atoms with Gasteiger partial charge in [-0.2, -0.15) is 5.10 Å². The molecule has 0 aromatic carbocycles. The van der Waals surface area contributed by atoms with Crippen molar-refractivity contribution in [2.45, 2.75) is 26.0 Å². The number of ether oxygens (including phenoxy) is 1. The zero-order valence-corrected chi connectivity index (χ0v) is 12.6. The third-order valence-electron chi connectivity index (χ3n) is 2.80. The lowest BCUT2D eigenvalue weighted by Crippen LogP contribution is -2.13. The lowest BCUT2D eigenvalue weighted by Gasteiger charge is -2.16. The van der Waals surface area contributed by atoms with Crippen LogP contribution in [0.25, 0.3) is 0 Å². The minimum Gasteiger partial charge on any atom is -0.493 e. The van der Waals surface area contributed by atoms with Gasteiger partial charge in [0.25, 0.3) is 0 Å². The van der Waals surface area contributed by atoms with Gasteiger partial charge in [-0.05, 0) is 41.9 Å². The number of aliphatic hydroxyl groups is 1. The van der Waals surface area contributed by atoms with Crippen LogP contribution in [0.15, 0.2) is 29.0 Å². The van der Waals surface area contributed by atoms with E-state index in [0.29, 0.717) is 17.1 Å². The summed E-state index contributed by atoms with van der Waals surface area (Å²) in [5, 5.41) is 14.7. The minimum absolute atomic E-state index is 0.129. The van der Waals surface area contributed by atoms with Crippen LogP contribution >= 0.6 is 15.9 Å². The van der Waals surface area contributed by atoms with Gasteiger partial charge in [0.05, 0.1) is 19.0 Å². The number of aromatic nitrogens is 3. The Balaban J connectivity index is 2.44. The van der Waals surface area contributed by atoms with Crippen molar-refractivity contribution in [3.05, 3.63) is 40.4 Å².